The van der Waals surface area contributed by atoms with Crippen molar-refractivity contribution in [2.75, 3.05) is 9.80 Å². The van der Waals surface area contributed by atoms with Gasteiger partial charge < -0.3 is 19.1 Å². The van der Waals surface area contributed by atoms with E-state index in [0.29, 0.717) is 0 Å². The smallest absolute Gasteiger partial charge is 0.153 e. The average Bonchev–Trinajstić information content (AvgIpc) is 3.84. The summed E-state index contributed by atoms with van der Waals surface area (Å²) in [6, 6.07) is 76.0. The fourth-order valence-corrected chi connectivity index (χ4v) is 9.99. The molecule has 0 bridgehead atoms. The summed E-state index contributed by atoms with van der Waals surface area (Å²) in [6.45, 7) is 0. The molecule has 0 saturated carbocycles. The normalized spacial score (nSPS) is 12.2. The Labute approximate surface area is 345 Å². The van der Waals surface area contributed by atoms with E-state index < -0.39 is 0 Å². The highest BCUT2D eigenvalue weighted by atomic mass is 32.1. The Morgan fingerprint density at radius 2 is 0.932 bits per heavy atom. The van der Waals surface area contributed by atoms with E-state index in [1.165, 1.54) is 53.1 Å². The Balaban J connectivity index is 0.988. The lowest BCUT2D eigenvalue weighted by Gasteiger charge is -2.34. The molecule has 0 fully saturated rings. The lowest BCUT2D eigenvalue weighted by atomic mass is 10.0. The van der Waals surface area contributed by atoms with Gasteiger partial charge in [0, 0.05) is 65.4 Å². The summed E-state index contributed by atoms with van der Waals surface area (Å²) in [6.07, 6.45) is 0. The van der Waals surface area contributed by atoms with E-state index >= 15 is 0 Å². The van der Waals surface area contributed by atoms with Gasteiger partial charge in [-0.25, -0.2) is 0 Å². The van der Waals surface area contributed by atoms with Gasteiger partial charge in [0.15, 0.2) is 11.5 Å². The Kier molecular flexibility index (Phi) is 7.68. The molecule has 0 atom stereocenters. The number of ether oxygens (including phenoxy) is 1. The van der Waals surface area contributed by atoms with E-state index in [1.807, 2.05) is 17.4 Å². The quantitative estimate of drug-likeness (QED) is 0.168. The third-order valence-electron chi connectivity index (χ3n) is 11.6. The van der Waals surface area contributed by atoms with Crippen LogP contribution in [0.25, 0.3) is 58.8 Å². The van der Waals surface area contributed by atoms with E-state index in [-0.39, 0.29) is 0 Å². The molecule has 1 aliphatic rings. The predicted octanol–water partition coefficient (Wildman–Crippen LogP) is 15.9. The summed E-state index contributed by atoms with van der Waals surface area (Å²) >= 11 is 1.84. The summed E-state index contributed by atoms with van der Waals surface area (Å²) in [5, 5.41) is 5.08. The van der Waals surface area contributed by atoms with Crippen molar-refractivity contribution in [2.45, 2.75) is 0 Å². The first-order valence-corrected chi connectivity index (χ1v) is 20.7. The Morgan fingerprint density at radius 3 is 1.69 bits per heavy atom. The van der Waals surface area contributed by atoms with Crippen molar-refractivity contribution in [1.82, 2.24) is 4.57 Å². The number of para-hydroxylation sites is 4. The average molecular weight is 774 g/mol. The second-order valence-electron chi connectivity index (χ2n) is 15.0. The van der Waals surface area contributed by atoms with Crippen molar-refractivity contribution in [3.63, 3.8) is 0 Å². The van der Waals surface area contributed by atoms with Gasteiger partial charge in [-0.2, -0.15) is 0 Å². The van der Waals surface area contributed by atoms with E-state index in [9.17, 15) is 0 Å². The van der Waals surface area contributed by atoms with Crippen molar-refractivity contribution >= 4 is 87.4 Å². The molecule has 0 amide bonds. The first kappa shape index (κ1) is 33.5. The van der Waals surface area contributed by atoms with E-state index in [0.717, 1.165) is 51.3 Å². The summed E-state index contributed by atoms with van der Waals surface area (Å²) in [5.41, 5.74) is 12.1. The zero-order valence-corrected chi connectivity index (χ0v) is 32.7. The maximum Gasteiger partial charge on any atom is 0.153 e. The minimum Gasteiger partial charge on any atom is -0.453 e. The van der Waals surface area contributed by atoms with Crippen LogP contribution in [0.4, 0.5) is 34.1 Å². The minimum atomic E-state index is 0.797. The monoisotopic (exact) mass is 773 g/mol. The topological polar surface area (TPSA) is 20.6 Å². The predicted molar refractivity (Wildman–Crippen MR) is 249 cm³/mol. The highest BCUT2D eigenvalue weighted by Gasteiger charge is 2.28. The van der Waals surface area contributed by atoms with E-state index in [2.05, 4.69) is 221 Å². The van der Waals surface area contributed by atoms with Gasteiger partial charge in [-0.15, -0.1) is 11.3 Å². The second-order valence-corrected chi connectivity index (χ2v) is 16.1. The molecular weight excluding hydrogens is 739 g/mol. The summed E-state index contributed by atoms with van der Waals surface area (Å²) in [5.74, 6) is 1.62. The van der Waals surface area contributed by atoms with Gasteiger partial charge >= 0.3 is 0 Å². The molecule has 11 aromatic rings. The number of anilines is 6. The lowest BCUT2D eigenvalue weighted by molar-refractivity contribution is 0.477. The maximum absolute atomic E-state index is 6.78. The number of hydrogen-bond acceptors (Lipinski definition) is 4. The number of thiophene rings is 1. The summed E-state index contributed by atoms with van der Waals surface area (Å²) < 4.78 is 11.7. The largest absolute Gasteiger partial charge is 0.453 e. The van der Waals surface area contributed by atoms with Crippen LogP contribution in [0, 0.1) is 0 Å². The molecule has 12 rings (SSSR count). The van der Waals surface area contributed by atoms with E-state index in [1.54, 1.807) is 0 Å². The highest BCUT2D eigenvalue weighted by Crippen LogP contribution is 2.53. The van der Waals surface area contributed by atoms with Crippen LogP contribution in [0.5, 0.6) is 11.5 Å². The Morgan fingerprint density at radius 1 is 0.373 bits per heavy atom. The summed E-state index contributed by atoms with van der Waals surface area (Å²) in [7, 11) is 0. The first-order chi connectivity index (χ1) is 29.2. The number of hydrogen-bond donors (Lipinski definition) is 0. The van der Waals surface area contributed by atoms with Crippen LogP contribution in [-0.2, 0) is 0 Å². The van der Waals surface area contributed by atoms with Crippen molar-refractivity contribution in [3.8, 4) is 28.3 Å². The molecular formula is C54H35N3OS. The molecule has 5 heteroatoms. The van der Waals surface area contributed by atoms with Crippen LogP contribution in [0.2, 0.25) is 0 Å². The fraction of sp³-hybridized carbons (Fsp3) is 0. The van der Waals surface area contributed by atoms with E-state index in [4.69, 9.17) is 4.74 Å². The lowest BCUT2D eigenvalue weighted by Crippen LogP contribution is -2.17. The van der Waals surface area contributed by atoms with Crippen molar-refractivity contribution in [1.29, 1.82) is 0 Å². The number of benzene rings is 9. The standard InChI is InChI=1S/C54H35N3OS/c1-2-12-36(13-3-1)37-22-24-38(25-23-37)55(39-26-28-40(29-27-39)56-47-17-7-4-14-43(47)44-15-5-8-18-48(44)56)41-31-33-50-52(34-41)58-51-20-10-9-19-49(51)57(50)42-30-32-46-45-16-6-11-21-53(45)59-54(46)35-42/h1-35H. The maximum atomic E-state index is 6.78. The van der Waals surface area contributed by atoms with Gasteiger partial charge in [0.2, 0.25) is 0 Å². The van der Waals surface area contributed by atoms with Gasteiger partial charge in [0.25, 0.3) is 0 Å². The van der Waals surface area contributed by atoms with Crippen LogP contribution < -0.4 is 14.5 Å². The molecule has 0 N–H and O–H groups in total. The van der Waals surface area contributed by atoms with Gasteiger partial charge in [-0.05, 0) is 102 Å². The number of nitrogens with zero attached hydrogens (tertiary/aromatic N) is 3. The fourth-order valence-electron chi connectivity index (χ4n) is 8.85. The third-order valence-corrected chi connectivity index (χ3v) is 12.7. The molecule has 9 aromatic carbocycles. The van der Waals surface area contributed by atoms with Gasteiger partial charge in [0.1, 0.15) is 0 Å². The number of fused-ring (bicyclic) bond motifs is 8. The molecule has 0 unspecified atom stereocenters. The van der Waals surface area contributed by atoms with Crippen LogP contribution in [0.3, 0.4) is 0 Å². The van der Waals surface area contributed by atoms with Crippen LogP contribution in [0.1, 0.15) is 0 Å². The molecule has 2 aromatic heterocycles. The Bertz CT molecular complexity index is 3310. The number of aromatic nitrogens is 1. The zero-order valence-electron chi connectivity index (χ0n) is 31.9. The molecule has 4 nitrogen and oxygen atoms in total. The van der Waals surface area contributed by atoms with Crippen molar-refractivity contribution < 1.29 is 4.74 Å². The molecule has 0 aliphatic carbocycles. The first-order valence-electron chi connectivity index (χ1n) is 19.9. The molecule has 59 heavy (non-hydrogen) atoms. The SMILES string of the molecule is c1ccc(-c2ccc(N(c3ccc(-n4c5ccccc5c5ccccc54)cc3)c3ccc4c(c3)Oc3ccccc3N4c3ccc4c(c3)sc3ccccc34)cc2)cc1. The van der Waals surface area contributed by atoms with Crippen LogP contribution in [-0.4, -0.2) is 4.57 Å². The van der Waals surface area contributed by atoms with Gasteiger partial charge in [-0.1, -0.05) is 115 Å². The second kappa shape index (κ2) is 13.5. The highest BCUT2D eigenvalue weighted by molar-refractivity contribution is 7.25. The molecule has 0 spiro atoms. The van der Waals surface area contributed by atoms with Crippen LogP contribution >= 0.6 is 11.3 Å². The molecule has 0 radical (unpaired) electrons. The minimum absolute atomic E-state index is 0.797. The molecule has 0 saturated heterocycles. The third kappa shape index (κ3) is 5.51. The summed E-state index contributed by atoms with van der Waals surface area (Å²) in [4.78, 5) is 4.66. The van der Waals surface area contributed by atoms with Crippen molar-refractivity contribution in [3.05, 3.63) is 212 Å². The molecule has 278 valence electrons. The van der Waals surface area contributed by atoms with Crippen molar-refractivity contribution in [2.24, 2.45) is 0 Å². The van der Waals surface area contributed by atoms with Gasteiger partial charge in [0.05, 0.1) is 22.4 Å². The zero-order chi connectivity index (χ0) is 38.9. The number of rotatable bonds is 6. The molecule has 1 aliphatic heterocycles. The Hall–Kier alpha value is -7.60. The van der Waals surface area contributed by atoms with Gasteiger partial charge in [-0.3, -0.25) is 0 Å². The van der Waals surface area contributed by atoms with Crippen LogP contribution in [0.15, 0.2) is 212 Å². The molecule has 3 heterocycles.